The molecule has 3 nitrogen and oxygen atoms in total. The maximum absolute atomic E-state index is 11.8. The normalized spacial score (nSPS) is 12.0. The lowest BCUT2D eigenvalue weighted by Crippen LogP contribution is -2.28. The molecule has 0 aliphatic carbocycles. The molecule has 21 heavy (non-hydrogen) atoms. The minimum atomic E-state index is -0.785. The molecule has 0 saturated carbocycles. The molecule has 5 heteroatoms. The fourth-order valence-corrected chi connectivity index (χ4v) is 2.91. The number of amides is 1. The van der Waals surface area contributed by atoms with Crippen molar-refractivity contribution in [1.29, 1.82) is 0 Å². The topological polar surface area (TPSA) is 55.1 Å². The quantitative estimate of drug-likeness (QED) is 0.884. The van der Waals surface area contributed by atoms with Gasteiger partial charge in [-0.05, 0) is 49.2 Å². The highest BCUT2D eigenvalue weighted by atomic mass is 35.5. The lowest BCUT2D eigenvalue weighted by molar-refractivity contribution is -0.118. The number of primary amides is 1. The Balaban J connectivity index is 2.43. The second kappa shape index (κ2) is 6.37. The zero-order chi connectivity index (χ0) is 15.6. The SMILES string of the molecule is Cc1cc(C)cc(NC(C(N)=O)c2c(Cl)cccc2Cl)c1. The first-order valence-electron chi connectivity index (χ1n) is 6.46. The summed E-state index contributed by atoms with van der Waals surface area (Å²) in [5, 5.41) is 3.93. The zero-order valence-corrected chi connectivity index (χ0v) is 13.3. The Bertz CT molecular complexity index is 645. The molecular formula is C16H16Cl2N2O. The van der Waals surface area contributed by atoms with E-state index in [0.29, 0.717) is 15.6 Å². The molecule has 0 saturated heterocycles. The van der Waals surface area contributed by atoms with E-state index in [0.717, 1.165) is 16.8 Å². The molecule has 0 radical (unpaired) electrons. The summed E-state index contributed by atoms with van der Waals surface area (Å²) in [5.74, 6) is -0.538. The number of carbonyl (C=O) groups excluding carboxylic acids is 1. The monoisotopic (exact) mass is 322 g/mol. The molecule has 1 unspecified atom stereocenters. The summed E-state index contributed by atoms with van der Waals surface area (Å²) < 4.78 is 0. The van der Waals surface area contributed by atoms with Gasteiger partial charge in [-0.25, -0.2) is 0 Å². The molecular weight excluding hydrogens is 307 g/mol. The molecule has 2 rings (SSSR count). The first-order valence-corrected chi connectivity index (χ1v) is 7.22. The minimum Gasteiger partial charge on any atom is -0.370 e. The van der Waals surface area contributed by atoms with Gasteiger partial charge in [-0.1, -0.05) is 35.3 Å². The van der Waals surface area contributed by atoms with Crippen molar-refractivity contribution in [3.8, 4) is 0 Å². The third kappa shape index (κ3) is 3.69. The van der Waals surface area contributed by atoms with Gasteiger partial charge < -0.3 is 11.1 Å². The van der Waals surface area contributed by atoms with Crippen molar-refractivity contribution in [2.75, 3.05) is 5.32 Å². The second-order valence-electron chi connectivity index (χ2n) is 4.99. The Morgan fingerprint density at radius 1 is 1.10 bits per heavy atom. The molecule has 0 aliphatic rings. The summed E-state index contributed by atoms with van der Waals surface area (Å²) in [5.41, 5.74) is 8.98. The van der Waals surface area contributed by atoms with Crippen LogP contribution in [0.3, 0.4) is 0 Å². The van der Waals surface area contributed by atoms with Crippen molar-refractivity contribution in [3.05, 3.63) is 63.1 Å². The van der Waals surface area contributed by atoms with Gasteiger partial charge in [0.2, 0.25) is 5.91 Å². The molecule has 0 spiro atoms. The summed E-state index contributed by atoms with van der Waals surface area (Å²) in [6.07, 6.45) is 0. The van der Waals surface area contributed by atoms with Gasteiger partial charge in [0, 0.05) is 21.3 Å². The van der Waals surface area contributed by atoms with E-state index in [1.54, 1.807) is 18.2 Å². The predicted octanol–water partition coefficient (Wildman–Crippen LogP) is 4.25. The maximum atomic E-state index is 11.8. The van der Waals surface area contributed by atoms with E-state index in [9.17, 15) is 4.79 Å². The van der Waals surface area contributed by atoms with Gasteiger partial charge >= 0.3 is 0 Å². The molecule has 0 bridgehead atoms. The van der Waals surface area contributed by atoms with Crippen molar-refractivity contribution in [2.45, 2.75) is 19.9 Å². The fraction of sp³-hybridized carbons (Fsp3) is 0.188. The van der Waals surface area contributed by atoms with Crippen molar-refractivity contribution < 1.29 is 4.79 Å². The average molecular weight is 323 g/mol. The molecule has 0 heterocycles. The summed E-state index contributed by atoms with van der Waals surface area (Å²) in [4.78, 5) is 11.8. The number of benzene rings is 2. The van der Waals surface area contributed by atoms with E-state index in [1.165, 1.54) is 0 Å². The lowest BCUT2D eigenvalue weighted by atomic mass is 10.0. The van der Waals surface area contributed by atoms with Crippen LogP contribution in [-0.4, -0.2) is 5.91 Å². The number of hydrogen-bond acceptors (Lipinski definition) is 2. The number of nitrogens with one attached hydrogen (secondary N) is 1. The number of hydrogen-bond donors (Lipinski definition) is 2. The van der Waals surface area contributed by atoms with Crippen molar-refractivity contribution in [2.24, 2.45) is 5.73 Å². The Morgan fingerprint density at radius 3 is 2.10 bits per heavy atom. The van der Waals surface area contributed by atoms with E-state index < -0.39 is 11.9 Å². The maximum Gasteiger partial charge on any atom is 0.244 e. The molecule has 110 valence electrons. The van der Waals surface area contributed by atoms with E-state index in [2.05, 4.69) is 5.32 Å². The number of halogens is 2. The third-order valence-electron chi connectivity index (χ3n) is 3.11. The van der Waals surface area contributed by atoms with E-state index in [4.69, 9.17) is 28.9 Å². The Labute approximate surface area is 134 Å². The molecule has 1 amide bonds. The first-order chi connectivity index (χ1) is 9.88. The first kappa shape index (κ1) is 15.7. The number of anilines is 1. The van der Waals surface area contributed by atoms with Crippen LogP contribution in [0.4, 0.5) is 5.69 Å². The van der Waals surface area contributed by atoms with Gasteiger partial charge in [0.15, 0.2) is 0 Å². The number of nitrogens with two attached hydrogens (primary N) is 1. The van der Waals surface area contributed by atoms with Crippen LogP contribution in [0.1, 0.15) is 22.7 Å². The lowest BCUT2D eigenvalue weighted by Gasteiger charge is -2.20. The highest BCUT2D eigenvalue weighted by Crippen LogP contribution is 2.32. The Hall–Kier alpha value is -1.71. The molecule has 0 aromatic heterocycles. The summed E-state index contributed by atoms with van der Waals surface area (Å²) in [7, 11) is 0. The van der Waals surface area contributed by atoms with E-state index in [1.807, 2.05) is 32.0 Å². The second-order valence-corrected chi connectivity index (χ2v) is 5.81. The average Bonchev–Trinajstić information content (AvgIpc) is 2.35. The van der Waals surface area contributed by atoms with Crippen LogP contribution in [0, 0.1) is 13.8 Å². The summed E-state index contributed by atoms with van der Waals surface area (Å²) >= 11 is 12.3. The minimum absolute atomic E-state index is 0.406. The van der Waals surface area contributed by atoms with Gasteiger partial charge in [0.25, 0.3) is 0 Å². The standard InChI is InChI=1S/C16H16Cl2N2O/c1-9-6-10(2)8-11(7-9)20-15(16(19)21)14-12(17)4-3-5-13(14)18/h3-8,15,20H,1-2H3,(H2,19,21). The van der Waals surface area contributed by atoms with Crippen LogP contribution in [0.2, 0.25) is 10.0 Å². The number of rotatable bonds is 4. The highest BCUT2D eigenvalue weighted by molar-refractivity contribution is 6.36. The molecule has 2 aromatic carbocycles. The fourth-order valence-electron chi connectivity index (χ4n) is 2.30. The van der Waals surface area contributed by atoms with Gasteiger partial charge in [-0.3, -0.25) is 4.79 Å². The van der Waals surface area contributed by atoms with Crippen molar-refractivity contribution in [3.63, 3.8) is 0 Å². The van der Waals surface area contributed by atoms with E-state index >= 15 is 0 Å². The molecule has 1 atom stereocenters. The van der Waals surface area contributed by atoms with Crippen LogP contribution in [0.25, 0.3) is 0 Å². The predicted molar refractivity (Wildman–Crippen MR) is 87.9 cm³/mol. The third-order valence-corrected chi connectivity index (χ3v) is 3.76. The molecule has 3 N–H and O–H groups in total. The molecule has 2 aromatic rings. The zero-order valence-electron chi connectivity index (χ0n) is 11.8. The van der Waals surface area contributed by atoms with Crippen LogP contribution in [0.15, 0.2) is 36.4 Å². The van der Waals surface area contributed by atoms with Gasteiger partial charge in [-0.2, -0.15) is 0 Å². The van der Waals surface area contributed by atoms with Gasteiger partial charge in [0.1, 0.15) is 6.04 Å². The summed E-state index contributed by atoms with van der Waals surface area (Å²) in [6, 6.07) is 10.2. The van der Waals surface area contributed by atoms with Gasteiger partial charge in [-0.15, -0.1) is 0 Å². The van der Waals surface area contributed by atoms with Crippen LogP contribution < -0.4 is 11.1 Å². The number of carbonyl (C=O) groups is 1. The summed E-state index contributed by atoms with van der Waals surface area (Å²) in [6.45, 7) is 3.97. The highest BCUT2D eigenvalue weighted by Gasteiger charge is 2.23. The van der Waals surface area contributed by atoms with Crippen molar-refractivity contribution >= 4 is 34.8 Å². The van der Waals surface area contributed by atoms with Crippen LogP contribution in [0.5, 0.6) is 0 Å². The van der Waals surface area contributed by atoms with Crippen molar-refractivity contribution in [1.82, 2.24) is 0 Å². The molecule has 0 fully saturated rings. The molecule has 0 aliphatic heterocycles. The number of aryl methyl sites for hydroxylation is 2. The van der Waals surface area contributed by atoms with Crippen LogP contribution >= 0.6 is 23.2 Å². The largest absolute Gasteiger partial charge is 0.370 e. The van der Waals surface area contributed by atoms with Crippen LogP contribution in [-0.2, 0) is 4.79 Å². The van der Waals surface area contributed by atoms with Gasteiger partial charge in [0.05, 0.1) is 0 Å². The Kier molecular flexibility index (Phi) is 4.76. The Morgan fingerprint density at radius 2 is 1.62 bits per heavy atom. The smallest absolute Gasteiger partial charge is 0.244 e. The van der Waals surface area contributed by atoms with E-state index in [-0.39, 0.29) is 0 Å².